The van der Waals surface area contributed by atoms with E-state index in [9.17, 15) is 13.2 Å². The van der Waals surface area contributed by atoms with E-state index >= 15 is 0 Å². The predicted octanol–water partition coefficient (Wildman–Crippen LogP) is 2.88. The van der Waals surface area contributed by atoms with Gasteiger partial charge in [0.15, 0.2) is 0 Å². The number of methoxy groups -OCH3 is 1. The number of carbonyl (C=O) groups is 1. The molecule has 0 spiro atoms. The summed E-state index contributed by atoms with van der Waals surface area (Å²) in [6.45, 7) is 3.22. The highest BCUT2D eigenvalue weighted by molar-refractivity contribution is 14.1. The van der Waals surface area contributed by atoms with E-state index in [2.05, 4.69) is 27.9 Å². The van der Waals surface area contributed by atoms with Gasteiger partial charge in [-0.2, -0.15) is 4.31 Å². The van der Waals surface area contributed by atoms with Crippen molar-refractivity contribution >= 4 is 44.2 Å². The Morgan fingerprint density at radius 3 is 2.54 bits per heavy atom. The molecule has 0 bridgehead atoms. The quantitative estimate of drug-likeness (QED) is 0.619. The van der Waals surface area contributed by atoms with Crippen molar-refractivity contribution in [2.75, 3.05) is 38.7 Å². The van der Waals surface area contributed by atoms with Crippen molar-refractivity contribution in [3.63, 3.8) is 0 Å². The van der Waals surface area contributed by atoms with E-state index < -0.39 is 10.0 Å². The lowest BCUT2D eigenvalue weighted by Crippen LogP contribution is -2.40. The first kappa shape index (κ1) is 21.0. The highest BCUT2D eigenvalue weighted by Crippen LogP contribution is 2.30. The van der Waals surface area contributed by atoms with Gasteiger partial charge < -0.3 is 14.8 Å². The monoisotopic (exact) mass is 516 g/mol. The Morgan fingerprint density at radius 2 is 1.89 bits per heavy atom. The molecule has 0 radical (unpaired) electrons. The zero-order valence-corrected chi connectivity index (χ0v) is 18.5. The third kappa shape index (κ3) is 4.48. The van der Waals surface area contributed by atoms with E-state index in [1.807, 2.05) is 19.1 Å². The van der Waals surface area contributed by atoms with Crippen molar-refractivity contribution < 1.29 is 22.7 Å². The van der Waals surface area contributed by atoms with Crippen molar-refractivity contribution in [3.05, 3.63) is 51.1 Å². The summed E-state index contributed by atoms with van der Waals surface area (Å²) in [4.78, 5) is 12.7. The minimum Gasteiger partial charge on any atom is -0.495 e. The number of nitrogens with zero attached hydrogens (tertiary/aromatic N) is 1. The molecule has 3 rings (SSSR count). The van der Waals surface area contributed by atoms with E-state index in [0.717, 1.165) is 9.13 Å². The largest absolute Gasteiger partial charge is 0.495 e. The Kier molecular flexibility index (Phi) is 6.58. The van der Waals surface area contributed by atoms with E-state index in [0.29, 0.717) is 24.5 Å². The number of hydrogen-bond donors (Lipinski definition) is 1. The van der Waals surface area contributed by atoms with Gasteiger partial charge in [-0.3, -0.25) is 4.79 Å². The van der Waals surface area contributed by atoms with Gasteiger partial charge in [-0.05, 0) is 59.8 Å². The Morgan fingerprint density at radius 1 is 1.18 bits per heavy atom. The number of morpholine rings is 1. The molecule has 7 nitrogen and oxygen atoms in total. The first-order valence-corrected chi connectivity index (χ1v) is 11.2. The van der Waals surface area contributed by atoms with Crippen LogP contribution in [-0.4, -0.2) is 52.0 Å². The first-order chi connectivity index (χ1) is 13.3. The molecule has 0 atom stereocenters. The molecule has 1 aliphatic rings. The van der Waals surface area contributed by atoms with Crippen molar-refractivity contribution in [1.29, 1.82) is 0 Å². The highest BCUT2D eigenvalue weighted by atomic mass is 127. The van der Waals surface area contributed by atoms with Gasteiger partial charge in [0.1, 0.15) is 10.6 Å². The molecule has 1 amide bonds. The van der Waals surface area contributed by atoms with Crippen LogP contribution in [0.4, 0.5) is 5.69 Å². The van der Waals surface area contributed by atoms with Crippen LogP contribution in [0.5, 0.6) is 5.75 Å². The van der Waals surface area contributed by atoms with Gasteiger partial charge in [-0.15, -0.1) is 0 Å². The molecule has 0 saturated carbocycles. The van der Waals surface area contributed by atoms with Crippen LogP contribution in [0.15, 0.2) is 41.3 Å². The maximum Gasteiger partial charge on any atom is 0.256 e. The Bertz CT molecular complexity index is 988. The fraction of sp³-hybridized carbons (Fsp3) is 0.316. The molecule has 1 saturated heterocycles. The smallest absolute Gasteiger partial charge is 0.256 e. The molecule has 28 heavy (non-hydrogen) atoms. The van der Waals surface area contributed by atoms with E-state index in [1.165, 1.54) is 17.5 Å². The molecule has 2 aromatic carbocycles. The Hall–Kier alpha value is -1.69. The van der Waals surface area contributed by atoms with Crippen LogP contribution in [0.25, 0.3) is 0 Å². The lowest BCUT2D eigenvalue weighted by Gasteiger charge is -2.26. The van der Waals surface area contributed by atoms with Crippen molar-refractivity contribution in [2.45, 2.75) is 11.8 Å². The number of hydrogen-bond acceptors (Lipinski definition) is 5. The van der Waals surface area contributed by atoms with Crippen LogP contribution >= 0.6 is 22.6 Å². The molecule has 0 aliphatic carbocycles. The van der Waals surface area contributed by atoms with Gasteiger partial charge in [-0.1, -0.05) is 11.6 Å². The average Bonchev–Trinajstić information content (AvgIpc) is 2.68. The molecule has 150 valence electrons. The summed E-state index contributed by atoms with van der Waals surface area (Å²) in [5, 5.41) is 2.78. The number of benzene rings is 2. The maximum absolute atomic E-state index is 13.0. The van der Waals surface area contributed by atoms with Gasteiger partial charge in [0.2, 0.25) is 10.0 Å². The molecule has 1 heterocycles. The molecule has 0 unspecified atom stereocenters. The minimum atomic E-state index is -3.77. The normalized spacial score (nSPS) is 15.2. The zero-order chi connectivity index (χ0) is 20.3. The molecule has 1 aliphatic heterocycles. The number of aryl methyl sites for hydroxylation is 1. The summed E-state index contributed by atoms with van der Waals surface area (Å²) in [7, 11) is -2.35. The summed E-state index contributed by atoms with van der Waals surface area (Å²) in [6, 6.07) is 10.1. The maximum atomic E-state index is 13.0. The molecule has 1 N–H and O–H groups in total. The number of anilines is 1. The minimum absolute atomic E-state index is 0.0216. The number of ether oxygens (including phenoxy) is 2. The number of halogens is 1. The number of amides is 1. The van der Waals surface area contributed by atoms with Crippen molar-refractivity contribution in [2.24, 2.45) is 0 Å². The van der Waals surface area contributed by atoms with Gasteiger partial charge in [0.05, 0.1) is 25.9 Å². The molecule has 1 fully saturated rings. The summed E-state index contributed by atoms with van der Waals surface area (Å²) in [5.74, 6) is -0.0707. The zero-order valence-electron chi connectivity index (χ0n) is 15.6. The molecule has 0 aromatic heterocycles. The third-order valence-corrected chi connectivity index (χ3v) is 7.19. The number of carbonyl (C=O) groups excluding carboxylic acids is 1. The van der Waals surface area contributed by atoms with Crippen molar-refractivity contribution in [3.8, 4) is 5.75 Å². The fourth-order valence-electron chi connectivity index (χ4n) is 2.88. The summed E-state index contributed by atoms with van der Waals surface area (Å²) >= 11 is 2.11. The van der Waals surface area contributed by atoms with E-state index in [1.54, 1.807) is 18.2 Å². The molecular formula is C19H21IN2O5S. The van der Waals surface area contributed by atoms with Crippen LogP contribution in [0.1, 0.15) is 15.9 Å². The lowest BCUT2D eigenvalue weighted by atomic mass is 10.1. The number of nitrogens with one attached hydrogen (secondary N) is 1. The van der Waals surface area contributed by atoms with Crippen LogP contribution in [0.3, 0.4) is 0 Å². The Labute approximate surface area is 178 Å². The van der Waals surface area contributed by atoms with Crippen LogP contribution < -0.4 is 10.1 Å². The predicted molar refractivity (Wildman–Crippen MR) is 114 cm³/mol. The fourth-order valence-corrected chi connectivity index (χ4v) is 5.39. The second-order valence-corrected chi connectivity index (χ2v) is 9.39. The van der Waals surface area contributed by atoms with E-state index in [-0.39, 0.29) is 29.6 Å². The summed E-state index contributed by atoms with van der Waals surface area (Å²) < 4.78 is 38.8. The van der Waals surface area contributed by atoms with Gasteiger partial charge in [0.25, 0.3) is 5.91 Å². The summed E-state index contributed by atoms with van der Waals surface area (Å²) in [6.07, 6.45) is 0. The van der Waals surface area contributed by atoms with Crippen LogP contribution in [-0.2, 0) is 14.8 Å². The third-order valence-electron chi connectivity index (χ3n) is 4.38. The SMILES string of the molecule is COc1ccc(NC(=O)c2ccc(C)cc2I)cc1S(=O)(=O)N1CCOCC1. The lowest BCUT2D eigenvalue weighted by molar-refractivity contribution is 0.0729. The summed E-state index contributed by atoms with van der Waals surface area (Å²) in [5.41, 5.74) is 1.97. The number of rotatable bonds is 5. The molecule has 9 heteroatoms. The highest BCUT2D eigenvalue weighted by Gasteiger charge is 2.29. The van der Waals surface area contributed by atoms with E-state index in [4.69, 9.17) is 9.47 Å². The topological polar surface area (TPSA) is 84.9 Å². The van der Waals surface area contributed by atoms with Gasteiger partial charge in [-0.25, -0.2) is 8.42 Å². The van der Waals surface area contributed by atoms with Crippen molar-refractivity contribution in [1.82, 2.24) is 4.31 Å². The number of sulfonamides is 1. The second kappa shape index (κ2) is 8.76. The molecule has 2 aromatic rings. The average molecular weight is 516 g/mol. The first-order valence-electron chi connectivity index (χ1n) is 8.66. The van der Waals surface area contributed by atoms with Gasteiger partial charge >= 0.3 is 0 Å². The van der Waals surface area contributed by atoms with Gasteiger partial charge in [0, 0.05) is 22.3 Å². The molecular weight excluding hydrogens is 495 g/mol. The second-order valence-electron chi connectivity index (χ2n) is 6.32. The van der Waals surface area contributed by atoms with Crippen LogP contribution in [0, 0.1) is 10.5 Å². The van der Waals surface area contributed by atoms with Crippen LogP contribution in [0.2, 0.25) is 0 Å². The standard InChI is InChI=1S/C19H21IN2O5S/c1-13-3-5-15(16(20)11-13)19(23)21-14-4-6-17(26-2)18(12-14)28(24,25)22-7-9-27-10-8-22/h3-6,11-12H,7-10H2,1-2H3,(H,21,23). The Balaban J connectivity index is 1.91.